The molecule has 4 aliphatic rings. The van der Waals surface area contributed by atoms with Gasteiger partial charge in [0, 0.05) is 29.2 Å². The fourth-order valence-corrected chi connectivity index (χ4v) is 7.51. The first-order valence-corrected chi connectivity index (χ1v) is 16.6. The first kappa shape index (κ1) is 33.1. The van der Waals surface area contributed by atoms with Gasteiger partial charge in [-0.1, -0.05) is 31.9 Å². The number of fused-ring (bicyclic) bond motifs is 5. The van der Waals surface area contributed by atoms with Gasteiger partial charge in [0.2, 0.25) is 11.8 Å². The van der Waals surface area contributed by atoms with Gasteiger partial charge in [0.05, 0.1) is 37.9 Å². The molecule has 2 fully saturated rings. The summed E-state index contributed by atoms with van der Waals surface area (Å²) in [5.74, 6) is -1.23. The van der Waals surface area contributed by atoms with Gasteiger partial charge >= 0.3 is 12.1 Å². The molecule has 1 spiro atoms. The smallest absolute Gasteiger partial charge is 0.394 e. The van der Waals surface area contributed by atoms with E-state index in [4.69, 9.17) is 14.2 Å². The highest BCUT2D eigenvalue weighted by molar-refractivity contribution is 5.96. The minimum absolute atomic E-state index is 0.0328. The number of hydrogen-bond donors (Lipinski definition) is 1. The van der Waals surface area contributed by atoms with Crippen LogP contribution in [0.4, 0.5) is 13.2 Å². The number of carbonyl (C=O) groups excluding carboxylic acids is 3. The molecule has 0 unspecified atom stereocenters. The van der Waals surface area contributed by atoms with Crippen LogP contribution < -0.4 is 14.8 Å². The molecule has 4 heterocycles. The number of pyridine rings is 1. The number of allylic oxidation sites excluding steroid dienone is 1. The van der Waals surface area contributed by atoms with Gasteiger partial charge in [-0.15, -0.1) is 0 Å². The Hall–Kier alpha value is -3.83. The second kappa shape index (κ2) is 12.6. The summed E-state index contributed by atoms with van der Waals surface area (Å²) in [7, 11) is 1.51. The molecule has 2 amide bonds. The number of ether oxygens (including phenoxy) is 3. The summed E-state index contributed by atoms with van der Waals surface area (Å²) in [6.45, 7) is 3.74. The van der Waals surface area contributed by atoms with Crippen LogP contribution in [0.15, 0.2) is 30.4 Å². The third kappa shape index (κ3) is 6.52. The van der Waals surface area contributed by atoms with Crippen LogP contribution in [0.1, 0.15) is 76.5 Å². The quantitative estimate of drug-likeness (QED) is 0.337. The van der Waals surface area contributed by atoms with E-state index in [0.29, 0.717) is 47.9 Å². The Morgan fingerprint density at radius 2 is 2.00 bits per heavy atom. The minimum atomic E-state index is -4.54. The predicted molar refractivity (Wildman–Crippen MR) is 167 cm³/mol. The van der Waals surface area contributed by atoms with E-state index < -0.39 is 41.7 Å². The molecule has 9 nitrogen and oxygen atoms in total. The number of nitrogens with one attached hydrogen (secondary N) is 1. The molecule has 2 aromatic rings. The maximum absolute atomic E-state index is 14.1. The monoisotopic (exact) mass is 657 g/mol. The Morgan fingerprint density at radius 1 is 1.19 bits per heavy atom. The summed E-state index contributed by atoms with van der Waals surface area (Å²) in [4.78, 5) is 47.2. The molecule has 1 saturated heterocycles. The van der Waals surface area contributed by atoms with E-state index in [-0.39, 0.29) is 48.8 Å². The van der Waals surface area contributed by atoms with Crippen LogP contribution in [-0.2, 0) is 32.0 Å². The predicted octanol–water partition coefficient (Wildman–Crippen LogP) is 5.61. The maximum atomic E-state index is 14.1. The molecule has 0 bridgehead atoms. The van der Waals surface area contributed by atoms with E-state index in [1.807, 2.05) is 19.1 Å². The fourth-order valence-electron chi connectivity index (χ4n) is 7.51. The molecular formula is C35H42F3N3O6. The number of carbonyl (C=O) groups is 3. The van der Waals surface area contributed by atoms with Crippen LogP contribution in [0.3, 0.4) is 0 Å². The molecule has 1 saturated carbocycles. The number of rotatable bonds is 4. The van der Waals surface area contributed by atoms with Gasteiger partial charge in [0.15, 0.2) is 0 Å². The van der Waals surface area contributed by atoms with Crippen molar-refractivity contribution in [3.63, 3.8) is 0 Å². The zero-order valence-corrected chi connectivity index (χ0v) is 27.1. The van der Waals surface area contributed by atoms with Gasteiger partial charge in [-0.2, -0.15) is 13.2 Å². The zero-order valence-electron chi connectivity index (χ0n) is 27.1. The van der Waals surface area contributed by atoms with Crippen LogP contribution in [0.2, 0.25) is 0 Å². The van der Waals surface area contributed by atoms with Crippen molar-refractivity contribution in [2.75, 3.05) is 20.3 Å². The molecule has 5 atom stereocenters. The molecule has 6 rings (SSSR count). The Bertz CT molecular complexity index is 1590. The third-order valence-corrected chi connectivity index (χ3v) is 10.1. The summed E-state index contributed by atoms with van der Waals surface area (Å²) in [6, 6.07) is 4.05. The van der Waals surface area contributed by atoms with Crippen molar-refractivity contribution in [3.8, 4) is 11.5 Å². The van der Waals surface area contributed by atoms with Crippen molar-refractivity contribution in [1.29, 1.82) is 0 Å². The maximum Gasteiger partial charge on any atom is 0.394 e. The Morgan fingerprint density at radius 3 is 2.74 bits per heavy atom. The number of alkyl halides is 3. The summed E-state index contributed by atoms with van der Waals surface area (Å²) in [5, 5.41) is 3.60. The largest absolute Gasteiger partial charge is 0.497 e. The number of benzene rings is 1. The van der Waals surface area contributed by atoms with Gasteiger partial charge in [-0.25, -0.2) is 9.78 Å². The molecule has 3 aliphatic heterocycles. The number of methoxy groups -OCH3 is 1. The Labute approximate surface area is 272 Å². The molecule has 1 aromatic carbocycles. The first-order chi connectivity index (χ1) is 22.4. The molecule has 254 valence electrons. The molecule has 12 heteroatoms. The average Bonchev–Trinajstić information content (AvgIpc) is 3.60. The van der Waals surface area contributed by atoms with Crippen molar-refractivity contribution >= 4 is 28.7 Å². The number of aryl methyl sites for hydroxylation is 1. The SMILES string of the molecule is CCOC(=O)[C@@]12C[C@H]1/C=C\CCCCC[C@H](C)C(=O)N1C[C@@]3(CCc4c(c(CC(F)(F)F)nc5ccc(OC)cc45)O3)C[C@H]1C(=O)N2. The van der Waals surface area contributed by atoms with Crippen molar-refractivity contribution in [3.05, 3.63) is 41.6 Å². The van der Waals surface area contributed by atoms with Crippen LogP contribution in [0, 0.1) is 11.8 Å². The van der Waals surface area contributed by atoms with E-state index in [1.165, 1.54) is 12.0 Å². The number of amides is 2. The second-order valence-corrected chi connectivity index (χ2v) is 13.5. The Balaban J connectivity index is 1.37. The van der Waals surface area contributed by atoms with E-state index in [1.54, 1.807) is 25.1 Å². The van der Waals surface area contributed by atoms with E-state index in [9.17, 15) is 27.6 Å². The van der Waals surface area contributed by atoms with Gasteiger partial charge in [-0.05, 0) is 63.6 Å². The van der Waals surface area contributed by atoms with Gasteiger partial charge in [0.25, 0.3) is 0 Å². The van der Waals surface area contributed by atoms with E-state index >= 15 is 0 Å². The van der Waals surface area contributed by atoms with Crippen LogP contribution in [0.5, 0.6) is 11.5 Å². The van der Waals surface area contributed by atoms with Crippen molar-refractivity contribution in [2.45, 2.75) is 101 Å². The summed E-state index contributed by atoms with van der Waals surface area (Å²) >= 11 is 0. The summed E-state index contributed by atoms with van der Waals surface area (Å²) in [5.41, 5.74) is -1.57. The van der Waals surface area contributed by atoms with Crippen LogP contribution >= 0.6 is 0 Å². The lowest BCUT2D eigenvalue weighted by Crippen LogP contribution is -2.54. The van der Waals surface area contributed by atoms with Crippen LogP contribution in [-0.4, -0.2) is 71.3 Å². The first-order valence-electron chi connectivity index (χ1n) is 16.6. The second-order valence-electron chi connectivity index (χ2n) is 13.5. The standard InChI is InChI=1S/C35H42F3N3O6/c1-4-46-32(44)34-17-22(34)11-9-7-5-6-8-10-21(2)31(43)41-20-33(19-28(41)30(42)40-34)15-14-24-25-16-23(45-3)12-13-26(25)39-27(29(24)47-33)18-35(36,37)38/h9,11-13,16,21-22,28H,4-8,10,14-15,17-20H2,1-3H3,(H,40,42)/b11-9-/t21-,22+,28-,33+,34+/m0/s1. The highest BCUT2D eigenvalue weighted by atomic mass is 19.4. The normalized spacial score (nSPS) is 30.3. The number of nitrogens with zero attached hydrogens (tertiary/aromatic N) is 2. The van der Waals surface area contributed by atoms with Crippen molar-refractivity contribution in [2.24, 2.45) is 11.8 Å². The van der Waals surface area contributed by atoms with Gasteiger partial charge in [0.1, 0.15) is 28.7 Å². The molecule has 1 N–H and O–H groups in total. The lowest BCUT2D eigenvalue weighted by Gasteiger charge is -2.37. The summed E-state index contributed by atoms with van der Waals surface area (Å²) in [6.07, 6.45) is 3.60. The highest BCUT2D eigenvalue weighted by Gasteiger charge is 2.63. The van der Waals surface area contributed by atoms with Gasteiger partial charge in [-0.3, -0.25) is 9.59 Å². The number of aromatic nitrogens is 1. The van der Waals surface area contributed by atoms with Crippen LogP contribution in [0.25, 0.3) is 10.9 Å². The molecule has 0 radical (unpaired) electrons. The molecule has 1 aromatic heterocycles. The lowest BCUT2D eigenvalue weighted by atomic mass is 9.86. The zero-order chi connectivity index (χ0) is 33.6. The molecule has 1 aliphatic carbocycles. The van der Waals surface area contributed by atoms with Gasteiger partial charge < -0.3 is 24.4 Å². The summed E-state index contributed by atoms with van der Waals surface area (Å²) < 4.78 is 58.8. The van der Waals surface area contributed by atoms with Crippen molar-refractivity contribution in [1.82, 2.24) is 15.2 Å². The number of hydrogen-bond acceptors (Lipinski definition) is 7. The highest BCUT2D eigenvalue weighted by Crippen LogP contribution is 2.49. The minimum Gasteiger partial charge on any atom is -0.497 e. The van der Waals surface area contributed by atoms with E-state index in [0.717, 1.165) is 25.7 Å². The van der Waals surface area contributed by atoms with E-state index in [2.05, 4.69) is 10.3 Å². The molecular weight excluding hydrogens is 615 g/mol. The molecule has 47 heavy (non-hydrogen) atoms. The fraction of sp³-hybridized carbons (Fsp3) is 0.600. The number of halogens is 3. The Kier molecular flexibility index (Phi) is 8.90. The van der Waals surface area contributed by atoms with Crippen molar-refractivity contribution < 1.29 is 41.8 Å². The lowest BCUT2D eigenvalue weighted by molar-refractivity contribution is -0.150. The third-order valence-electron chi connectivity index (χ3n) is 10.1. The average molecular weight is 658 g/mol. The number of esters is 1. The topological polar surface area (TPSA) is 107 Å².